The molecule has 0 aliphatic carbocycles. The van der Waals surface area contributed by atoms with Gasteiger partial charge >= 0.3 is 23.9 Å². The molecule has 0 radical (unpaired) electrons. The number of nitrogens with one attached hydrogen (secondary N) is 3. The molecule has 17 heteroatoms. The molecule has 1 rings (SSSR count). The maximum absolute atomic E-state index is 12.4. The second-order valence-electron chi connectivity index (χ2n) is 8.00. The van der Waals surface area contributed by atoms with Crippen molar-refractivity contribution in [3.8, 4) is 0 Å². The fraction of sp³-hybridized carbons (Fsp3) is 0.429. The van der Waals surface area contributed by atoms with Crippen LogP contribution in [0.2, 0.25) is 0 Å². The highest BCUT2D eigenvalue weighted by molar-refractivity contribution is 5.94. The van der Waals surface area contributed by atoms with E-state index >= 15 is 0 Å². The van der Waals surface area contributed by atoms with Gasteiger partial charge in [0.05, 0.1) is 38.4 Å². The third kappa shape index (κ3) is 13.7. The van der Waals surface area contributed by atoms with Crippen molar-refractivity contribution in [1.29, 1.82) is 0 Å². The molecule has 0 heterocycles. The van der Waals surface area contributed by atoms with Crippen molar-refractivity contribution >= 4 is 41.4 Å². The molecule has 210 valence electrons. The first-order chi connectivity index (χ1) is 17.9. The number of hydrogen-bond acceptors (Lipinski definition) is 11. The van der Waals surface area contributed by atoms with E-state index in [0.29, 0.717) is 5.69 Å². The summed E-state index contributed by atoms with van der Waals surface area (Å²) in [5, 5.41) is 36.3. The van der Waals surface area contributed by atoms with E-state index in [4.69, 9.17) is 16.1 Å². The van der Waals surface area contributed by atoms with Crippen molar-refractivity contribution in [3.05, 3.63) is 29.8 Å². The summed E-state index contributed by atoms with van der Waals surface area (Å²) >= 11 is 0. The lowest BCUT2D eigenvalue weighted by Crippen LogP contribution is -2.47. The van der Waals surface area contributed by atoms with E-state index in [1.807, 2.05) is 5.43 Å². The molecule has 0 unspecified atom stereocenters. The van der Waals surface area contributed by atoms with Crippen LogP contribution in [0.1, 0.15) is 10.4 Å². The van der Waals surface area contributed by atoms with Gasteiger partial charge in [-0.1, -0.05) is 0 Å². The smallest absolute Gasteiger partial charge is 0.317 e. The number of carboxylic acids is 4. The van der Waals surface area contributed by atoms with Gasteiger partial charge in [0.15, 0.2) is 0 Å². The van der Waals surface area contributed by atoms with Gasteiger partial charge in [0, 0.05) is 31.7 Å². The van der Waals surface area contributed by atoms with Crippen LogP contribution in [0.5, 0.6) is 0 Å². The summed E-state index contributed by atoms with van der Waals surface area (Å²) in [5.41, 5.74) is 7.70. The fourth-order valence-electron chi connectivity index (χ4n) is 3.20. The van der Waals surface area contributed by atoms with Crippen LogP contribution in [0.4, 0.5) is 5.69 Å². The average Bonchev–Trinajstić information content (AvgIpc) is 2.82. The van der Waals surface area contributed by atoms with E-state index in [9.17, 15) is 39.0 Å². The molecule has 0 spiro atoms. The van der Waals surface area contributed by atoms with Gasteiger partial charge in [-0.2, -0.15) is 0 Å². The first kappa shape index (κ1) is 31.7. The van der Waals surface area contributed by atoms with Crippen LogP contribution in [-0.4, -0.2) is 130 Å². The predicted molar refractivity (Wildman–Crippen MR) is 130 cm³/mol. The molecular weight excluding hydrogens is 510 g/mol. The van der Waals surface area contributed by atoms with Crippen LogP contribution < -0.4 is 22.1 Å². The molecule has 0 aliphatic rings. The molecule has 0 bridgehead atoms. The van der Waals surface area contributed by atoms with Crippen molar-refractivity contribution in [1.82, 2.24) is 25.6 Å². The molecule has 0 atom stereocenters. The second-order valence-corrected chi connectivity index (χ2v) is 8.00. The Morgan fingerprint density at radius 2 is 1.03 bits per heavy atom. The van der Waals surface area contributed by atoms with Crippen LogP contribution in [0.3, 0.4) is 0 Å². The molecule has 0 aliphatic heterocycles. The Morgan fingerprint density at radius 3 is 1.45 bits per heavy atom. The third-order valence-corrected chi connectivity index (χ3v) is 4.89. The van der Waals surface area contributed by atoms with Gasteiger partial charge in [0.25, 0.3) is 11.8 Å². The zero-order valence-electron chi connectivity index (χ0n) is 20.3. The Kier molecular flexibility index (Phi) is 13.7. The molecule has 0 aromatic heterocycles. The molecule has 38 heavy (non-hydrogen) atoms. The molecule has 1 aromatic rings. The number of hydrogen-bond donors (Lipinski definition) is 8. The number of rotatable bonds is 19. The monoisotopic (exact) mass is 541 g/mol. The predicted octanol–water partition coefficient (Wildman–Crippen LogP) is -3.02. The Balaban J connectivity index is 2.71. The summed E-state index contributed by atoms with van der Waals surface area (Å²) in [4.78, 5) is 72.0. The minimum Gasteiger partial charge on any atom is -0.480 e. The van der Waals surface area contributed by atoms with E-state index in [-0.39, 0.29) is 38.3 Å². The summed E-state index contributed by atoms with van der Waals surface area (Å²) in [7, 11) is 0. The molecule has 17 nitrogen and oxygen atoms in total. The topological polar surface area (TPSA) is 255 Å². The Morgan fingerprint density at radius 1 is 0.632 bits per heavy atom. The highest BCUT2D eigenvalue weighted by atomic mass is 16.4. The number of nitrogen functional groups attached to an aromatic ring is 1. The van der Waals surface area contributed by atoms with Gasteiger partial charge in [-0.15, -0.1) is 0 Å². The molecular formula is C21H31N7O10. The van der Waals surface area contributed by atoms with E-state index in [1.165, 1.54) is 34.1 Å². The molecule has 0 fully saturated rings. The van der Waals surface area contributed by atoms with E-state index in [0.717, 1.165) is 4.90 Å². The Labute approximate surface area is 216 Å². The van der Waals surface area contributed by atoms with Gasteiger partial charge in [-0.25, -0.2) is 5.84 Å². The van der Waals surface area contributed by atoms with Crippen molar-refractivity contribution in [3.63, 3.8) is 0 Å². The molecule has 0 saturated carbocycles. The standard InChI is InChI=1S/C21H31N7O10/c22-23-21(38)14-1-3-15(4-2-14)24-25-16(29)9-27(11-18(32)33)7-5-26(10-17(30)31)6-8-28(12-19(34)35)13-20(36)37/h1-4,24H,5-13,22H2,(H,23,38)(H,25,29)(H,30,31)(H,32,33)(H,34,35)(H,36,37). The van der Waals surface area contributed by atoms with Crippen molar-refractivity contribution in [2.75, 3.05) is 64.3 Å². The van der Waals surface area contributed by atoms with Crippen LogP contribution in [-0.2, 0) is 24.0 Å². The summed E-state index contributed by atoms with van der Waals surface area (Å²) in [6, 6.07) is 5.92. The van der Waals surface area contributed by atoms with E-state index < -0.39 is 61.9 Å². The lowest BCUT2D eigenvalue weighted by Gasteiger charge is -2.27. The SMILES string of the molecule is NNC(=O)c1ccc(NNC(=O)CN(CCN(CCN(CC(=O)O)CC(=O)O)CC(=O)O)CC(=O)O)cc1. The Hall–Kier alpha value is -4.32. The van der Waals surface area contributed by atoms with Gasteiger partial charge in [0.2, 0.25) is 0 Å². The zero-order chi connectivity index (χ0) is 28.7. The number of amides is 2. The number of carboxylic acid groups (broad SMARTS) is 4. The summed E-state index contributed by atoms with van der Waals surface area (Å²) in [6.45, 7) is -2.60. The van der Waals surface area contributed by atoms with Gasteiger partial charge in [0.1, 0.15) is 0 Å². The zero-order valence-corrected chi connectivity index (χ0v) is 20.3. The lowest BCUT2D eigenvalue weighted by atomic mass is 10.2. The normalized spacial score (nSPS) is 10.8. The highest BCUT2D eigenvalue weighted by Gasteiger charge is 2.19. The number of carbonyl (C=O) groups is 6. The number of aliphatic carboxylic acids is 4. The maximum atomic E-state index is 12.4. The highest BCUT2D eigenvalue weighted by Crippen LogP contribution is 2.08. The number of benzene rings is 1. The molecule has 1 aromatic carbocycles. The maximum Gasteiger partial charge on any atom is 0.317 e. The number of nitrogens with zero attached hydrogens (tertiary/aromatic N) is 3. The van der Waals surface area contributed by atoms with Crippen LogP contribution >= 0.6 is 0 Å². The number of carbonyl (C=O) groups excluding carboxylic acids is 2. The Bertz CT molecular complexity index is 973. The number of anilines is 1. The first-order valence-electron chi connectivity index (χ1n) is 11.1. The minimum atomic E-state index is -1.25. The number of hydrazine groups is 2. The minimum absolute atomic E-state index is 0.00105. The largest absolute Gasteiger partial charge is 0.480 e. The lowest BCUT2D eigenvalue weighted by molar-refractivity contribution is -0.143. The van der Waals surface area contributed by atoms with E-state index in [1.54, 1.807) is 0 Å². The van der Waals surface area contributed by atoms with Crippen LogP contribution in [0, 0.1) is 0 Å². The molecule has 0 saturated heterocycles. The fourth-order valence-corrected chi connectivity index (χ4v) is 3.20. The average molecular weight is 542 g/mol. The van der Waals surface area contributed by atoms with Crippen molar-refractivity contribution in [2.24, 2.45) is 5.84 Å². The van der Waals surface area contributed by atoms with Gasteiger partial charge in [-0.05, 0) is 24.3 Å². The van der Waals surface area contributed by atoms with Crippen molar-refractivity contribution in [2.45, 2.75) is 0 Å². The quantitative estimate of drug-likeness (QED) is 0.0492. The first-order valence-corrected chi connectivity index (χ1v) is 11.1. The summed E-state index contributed by atoms with van der Waals surface area (Å²) in [5.74, 6) is -0.970. The van der Waals surface area contributed by atoms with Crippen LogP contribution in [0.25, 0.3) is 0 Å². The van der Waals surface area contributed by atoms with E-state index in [2.05, 4.69) is 10.9 Å². The molecule has 2 amide bonds. The number of nitrogens with two attached hydrogens (primary N) is 1. The molecule has 9 N–H and O–H groups in total. The summed E-state index contributed by atoms with van der Waals surface area (Å²) in [6.07, 6.45) is 0. The van der Waals surface area contributed by atoms with Crippen LogP contribution in [0.15, 0.2) is 24.3 Å². The van der Waals surface area contributed by atoms with Gasteiger partial charge < -0.3 is 20.4 Å². The van der Waals surface area contributed by atoms with Gasteiger partial charge in [-0.3, -0.25) is 59.7 Å². The second kappa shape index (κ2) is 16.4. The summed E-state index contributed by atoms with van der Waals surface area (Å²) < 4.78 is 0. The third-order valence-electron chi connectivity index (χ3n) is 4.89. The van der Waals surface area contributed by atoms with Crippen molar-refractivity contribution < 1.29 is 49.2 Å².